The topological polar surface area (TPSA) is 88.2 Å². The third-order valence-corrected chi connectivity index (χ3v) is 8.24. The van der Waals surface area contributed by atoms with Crippen LogP contribution >= 0.6 is 11.6 Å². The van der Waals surface area contributed by atoms with Gasteiger partial charge in [0.05, 0.1) is 22.5 Å². The molecule has 2 N–H and O–H groups in total. The molecule has 4 aliphatic rings. The van der Waals surface area contributed by atoms with Gasteiger partial charge in [0.2, 0.25) is 10.0 Å². The molecule has 0 atom stereocenters. The Morgan fingerprint density at radius 2 is 1.75 bits per heavy atom. The van der Waals surface area contributed by atoms with Gasteiger partial charge in [0, 0.05) is 12.1 Å². The summed E-state index contributed by atoms with van der Waals surface area (Å²) in [5, 5.41) is 3.57. The van der Waals surface area contributed by atoms with Crippen LogP contribution in [0.4, 0.5) is 5.82 Å². The molecular formula is C24H28ClN3O3S. The van der Waals surface area contributed by atoms with Crippen LogP contribution in [0.1, 0.15) is 48.9 Å². The summed E-state index contributed by atoms with van der Waals surface area (Å²) in [6.45, 7) is 0.710. The quantitative estimate of drug-likeness (QED) is 0.635. The van der Waals surface area contributed by atoms with E-state index in [9.17, 15) is 13.2 Å². The molecule has 8 heteroatoms. The molecule has 1 aromatic heterocycles. The molecule has 0 aliphatic heterocycles. The second-order valence-corrected chi connectivity index (χ2v) is 12.2. The first-order chi connectivity index (χ1) is 15.2. The van der Waals surface area contributed by atoms with Gasteiger partial charge < -0.3 is 5.32 Å². The summed E-state index contributed by atoms with van der Waals surface area (Å²) in [4.78, 5) is 17.5. The SMILES string of the molecule is CS(=O)(=O)Nc1cccc(-c2ccc(Cl)c(C(=O)NCC34CC5CC(CC(C5)C3)C4)c2)n1. The van der Waals surface area contributed by atoms with E-state index in [1.807, 2.05) is 0 Å². The highest BCUT2D eigenvalue weighted by atomic mass is 35.5. The number of amides is 1. The van der Waals surface area contributed by atoms with Gasteiger partial charge in [-0.15, -0.1) is 0 Å². The first-order valence-electron chi connectivity index (χ1n) is 11.2. The van der Waals surface area contributed by atoms with Gasteiger partial charge in [-0.1, -0.05) is 23.7 Å². The van der Waals surface area contributed by atoms with Gasteiger partial charge in [-0.3, -0.25) is 9.52 Å². The predicted molar refractivity (Wildman–Crippen MR) is 126 cm³/mol. The monoisotopic (exact) mass is 473 g/mol. The van der Waals surface area contributed by atoms with E-state index in [4.69, 9.17) is 11.6 Å². The number of carbonyl (C=O) groups excluding carboxylic acids is 1. The summed E-state index contributed by atoms with van der Waals surface area (Å²) in [5.74, 6) is 2.57. The van der Waals surface area contributed by atoms with Crippen molar-refractivity contribution in [1.29, 1.82) is 0 Å². The fourth-order valence-electron chi connectivity index (χ4n) is 6.57. The lowest BCUT2D eigenvalue weighted by Crippen LogP contribution is -2.51. The first kappa shape index (κ1) is 21.7. The molecule has 6 rings (SSSR count). The molecule has 4 aliphatic carbocycles. The van der Waals surface area contributed by atoms with Gasteiger partial charge in [0.25, 0.3) is 5.91 Å². The van der Waals surface area contributed by atoms with Gasteiger partial charge in [0.15, 0.2) is 0 Å². The number of hydrogen-bond acceptors (Lipinski definition) is 4. The van der Waals surface area contributed by atoms with Crippen LogP contribution in [0.3, 0.4) is 0 Å². The number of pyridine rings is 1. The predicted octanol–water partition coefficient (Wildman–Crippen LogP) is 4.72. The minimum Gasteiger partial charge on any atom is -0.351 e. The number of hydrogen-bond donors (Lipinski definition) is 2. The zero-order valence-electron chi connectivity index (χ0n) is 18.1. The van der Waals surface area contributed by atoms with Crippen LogP contribution in [0.15, 0.2) is 36.4 Å². The summed E-state index contributed by atoms with van der Waals surface area (Å²) >= 11 is 6.38. The van der Waals surface area contributed by atoms with Crippen molar-refractivity contribution in [1.82, 2.24) is 10.3 Å². The highest BCUT2D eigenvalue weighted by Gasteiger charge is 2.50. The molecule has 6 nitrogen and oxygen atoms in total. The van der Waals surface area contributed by atoms with E-state index < -0.39 is 10.0 Å². The summed E-state index contributed by atoms with van der Waals surface area (Å²) in [6.07, 6.45) is 8.91. The van der Waals surface area contributed by atoms with E-state index in [1.54, 1.807) is 36.4 Å². The van der Waals surface area contributed by atoms with Gasteiger partial charge in [0.1, 0.15) is 5.82 Å². The minimum absolute atomic E-state index is 0.169. The Morgan fingerprint density at radius 3 is 2.38 bits per heavy atom. The lowest BCUT2D eigenvalue weighted by atomic mass is 9.49. The Balaban J connectivity index is 1.33. The Kier molecular flexibility index (Phi) is 5.45. The van der Waals surface area contributed by atoms with E-state index in [0.29, 0.717) is 28.4 Å². The third kappa shape index (κ3) is 4.50. The molecule has 0 radical (unpaired) electrons. The standard InChI is InChI=1S/C24H28ClN3O3S/c1-32(30,31)28-22-4-2-3-21(27-22)18-5-6-20(25)19(10-18)23(29)26-14-24-11-15-7-16(12-24)9-17(8-15)13-24/h2-6,10,15-17H,7-9,11-14H2,1H3,(H,26,29)(H,27,28). The molecule has 2 aromatic rings. The van der Waals surface area contributed by atoms with Crippen LogP contribution in [-0.4, -0.2) is 32.1 Å². The Hall–Kier alpha value is -2.12. The highest BCUT2D eigenvalue weighted by molar-refractivity contribution is 7.92. The summed E-state index contributed by atoms with van der Waals surface area (Å²) in [5.41, 5.74) is 1.93. The van der Waals surface area contributed by atoms with Crippen LogP contribution in [0.25, 0.3) is 11.3 Å². The molecule has 4 fully saturated rings. The zero-order chi connectivity index (χ0) is 22.5. The average Bonchev–Trinajstić information content (AvgIpc) is 2.70. The van der Waals surface area contributed by atoms with Crippen molar-refractivity contribution >= 4 is 33.3 Å². The number of nitrogens with zero attached hydrogens (tertiary/aromatic N) is 1. The molecular weight excluding hydrogens is 446 g/mol. The Bertz CT molecular complexity index is 1130. The van der Waals surface area contributed by atoms with E-state index in [-0.39, 0.29) is 17.1 Å². The Morgan fingerprint density at radius 1 is 1.09 bits per heavy atom. The number of benzene rings is 1. The number of anilines is 1. The fourth-order valence-corrected chi connectivity index (χ4v) is 7.27. The van der Waals surface area contributed by atoms with Crippen LogP contribution in [0, 0.1) is 23.2 Å². The van der Waals surface area contributed by atoms with Crippen LogP contribution in [-0.2, 0) is 10.0 Å². The van der Waals surface area contributed by atoms with Gasteiger partial charge >= 0.3 is 0 Å². The van der Waals surface area contributed by atoms with Crippen LogP contribution in [0.2, 0.25) is 5.02 Å². The zero-order valence-corrected chi connectivity index (χ0v) is 19.7. The molecule has 0 saturated heterocycles. The molecule has 1 amide bonds. The normalized spacial score (nSPS) is 28.5. The average molecular weight is 474 g/mol. The van der Waals surface area contributed by atoms with Crippen molar-refractivity contribution in [3.8, 4) is 11.3 Å². The number of aromatic nitrogens is 1. The molecule has 1 heterocycles. The second-order valence-electron chi connectivity index (χ2n) is 10.1. The number of rotatable bonds is 6. The lowest BCUT2D eigenvalue weighted by molar-refractivity contribution is -0.0503. The molecule has 170 valence electrons. The summed E-state index contributed by atoms with van der Waals surface area (Å²) in [7, 11) is -3.43. The van der Waals surface area contributed by atoms with Crippen LogP contribution < -0.4 is 10.0 Å². The maximum atomic E-state index is 13.1. The van der Waals surface area contributed by atoms with E-state index in [2.05, 4.69) is 15.0 Å². The maximum Gasteiger partial charge on any atom is 0.252 e. The van der Waals surface area contributed by atoms with Gasteiger partial charge in [-0.25, -0.2) is 13.4 Å². The van der Waals surface area contributed by atoms with Crippen molar-refractivity contribution in [3.05, 3.63) is 47.0 Å². The molecule has 1 aromatic carbocycles. The molecule has 0 unspecified atom stereocenters. The maximum absolute atomic E-state index is 13.1. The van der Waals surface area contributed by atoms with Crippen LogP contribution in [0.5, 0.6) is 0 Å². The summed E-state index contributed by atoms with van der Waals surface area (Å²) < 4.78 is 25.4. The van der Waals surface area contributed by atoms with Gasteiger partial charge in [-0.05, 0) is 86.0 Å². The first-order valence-corrected chi connectivity index (χ1v) is 13.5. The van der Waals surface area contributed by atoms with Crippen molar-refractivity contribution in [2.24, 2.45) is 23.2 Å². The van der Waals surface area contributed by atoms with Crippen molar-refractivity contribution in [2.75, 3.05) is 17.5 Å². The summed E-state index contributed by atoms with van der Waals surface area (Å²) in [6, 6.07) is 10.3. The number of carbonyl (C=O) groups is 1. The van der Waals surface area contributed by atoms with Crippen molar-refractivity contribution in [2.45, 2.75) is 38.5 Å². The number of nitrogens with one attached hydrogen (secondary N) is 2. The van der Waals surface area contributed by atoms with E-state index in [1.165, 1.54) is 38.5 Å². The molecule has 0 spiro atoms. The molecule has 4 bridgehead atoms. The molecule has 4 saturated carbocycles. The molecule has 32 heavy (non-hydrogen) atoms. The largest absolute Gasteiger partial charge is 0.351 e. The van der Waals surface area contributed by atoms with Gasteiger partial charge in [-0.2, -0.15) is 0 Å². The number of sulfonamides is 1. The smallest absolute Gasteiger partial charge is 0.252 e. The lowest BCUT2D eigenvalue weighted by Gasteiger charge is -2.56. The van der Waals surface area contributed by atoms with E-state index >= 15 is 0 Å². The van der Waals surface area contributed by atoms with E-state index in [0.717, 1.165) is 24.0 Å². The third-order valence-electron chi connectivity index (χ3n) is 7.33. The van der Waals surface area contributed by atoms with Crippen molar-refractivity contribution in [3.63, 3.8) is 0 Å². The van der Waals surface area contributed by atoms with Crippen molar-refractivity contribution < 1.29 is 13.2 Å². The fraction of sp³-hybridized carbons (Fsp3) is 0.500. The second kappa shape index (κ2) is 8.03. The minimum atomic E-state index is -3.43. The Labute approximate surface area is 194 Å². The number of halogens is 1. The highest BCUT2D eigenvalue weighted by Crippen LogP contribution is 2.59.